The molecular weight excluding hydrogens is 457 g/mol. The largest absolute Gasteiger partial charge is 0.464 e. The van der Waals surface area contributed by atoms with Gasteiger partial charge in [0.15, 0.2) is 0 Å². The minimum atomic E-state index is -0.245. The van der Waals surface area contributed by atoms with Crippen molar-refractivity contribution < 1.29 is 9.21 Å². The van der Waals surface area contributed by atoms with Gasteiger partial charge < -0.3 is 14.3 Å². The van der Waals surface area contributed by atoms with E-state index in [1.54, 1.807) is 12.6 Å². The van der Waals surface area contributed by atoms with Crippen LogP contribution < -0.4 is 0 Å². The van der Waals surface area contributed by atoms with E-state index in [0.29, 0.717) is 10.0 Å². The lowest BCUT2D eigenvalue weighted by Gasteiger charge is -2.32. The highest BCUT2D eigenvalue weighted by atomic mass is 35.5. The Morgan fingerprint density at radius 2 is 1.94 bits per heavy atom. The maximum Gasteiger partial charge on any atom is 0.226 e. The van der Waals surface area contributed by atoms with E-state index in [0.717, 1.165) is 66.1 Å². The van der Waals surface area contributed by atoms with Crippen LogP contribution in [0.5, 0.6) is 0 Å². The third-order valence-corrected chi connectivity index (χ3v) is 7.92. The summed E-state index contributed by atoms with van der Waals surface area (Å²) in [6.07, 6.45) is 6.83. The minimum Gasteiger partial charge on any atom is -0.464 e. The zero-order valence-corrected chi connectivity index (χ0v) is 19.4. The molecule has 2 aliphatic heterocycles. The molecule has 1 amide bonds. The van der Waals surface area contributed by atoms with Gasteiger partial charge in [-0.2, -0.15) is 0 Å². The van der Waals surface area contributed by atoms with Gasteiger partial charge in [-0.05, 0) is 60.7 Å². The summed E-state index contributed by atoms with van der Waals surface area (Å²) in [6.45, 7) is 0.735. The molecule has 33 heavy (non-hydrogen) atoms. The standard InChI is InChI=1S/C26H23Cl2N3O2/c27-19-4-1-5-20(28)25(19)24(17-7-9-23-16(17)3-2-12-33-23)18-10-11-31(26(18)32)15-6-8-21-22(13-15)30-14-29-21/h1-5,7,9,12,14-15,18,24H,6,8,10-11,13H2,(H,29,30). The summed E-state index contributed by atoms with van der Waals surface area (Å²) < 4.78 is 5.70. The Kier molecular flexibility index (Phi) is 5.19. The van der Waals surface area contributed by atoms with Crippen molar-refractivity contribution in [3.05, 3.63) is 87.6 Å². The smallest absolute Gasteiger partial charge is 0.226 e. The number of carbonyl (C=O) groups is 1. The molecule has 3 heterocycles. The molecule has 3 atom stereocenters. The molecule has 5 nitrogen and oxygen atoms in total. The molecule has 1 aromatic carbocycles. The van der Waals surface area contributed by atoms with Crippen LogP contribution in [0.4, 0.5) is 0 Å². The van der Waals surface area contributed by atoms with E-state index in [9.17, 15) is 4.79 Å². The van der Waals surface area contributed by atoms with Gasteiger partial charge in [-0.3, -0.25) is 4.79 Å². The fraction of sp³-hybridized carbons (Fsp3) is 0.308. The third-order valence-electron chi connectivity index (χ3n) is 7.26. The summed E-state index contributed by atoms with van der Waals surface area (Å²) in [4.78, 5) is 23.6. The van der Waals surface area contributed by atoms with Crippen molar-refractivity contribution in [2.45, 2.75) is 37.6 Å². The molecule has 2 aromatic rings. The Balaban J connectivity index is 1.39. The fourth-order valence-corrected chi connectivity index (χ4v) is 6.35. The van der Waals surface area contributed by atoms with Crippen LogP contribution in [0.1, 0.15) is 41.3 Å². The number of nitrogens with one attached hydrogen (secondary N) is 1. The number of hydrogen-bond acceptors (Lipinski definition) is 3. The van der Waals surface area contributed by atoms with Gasteiger partial charge in [-0.25, -0.2) is 4.98 Å². The quantitative estimate of drug-likeness (QED) is 0.393. The number of aromatic nitrogens is 2. The first-order valence-corrected chi connectivity index (χ1v) is 12.1. The number of rotatable bonds is 4. The number of imidazole rings is 1. The van der Waals surface area contributed by atoms with Gasteiger partial charge in [0.1, 0.15) is 5.76 Å². The van der Waals surface area contributed by atoms with Gasteiger partial charge in [-0.1, -0.05) is 35.3 Å². The second kappa shape index (κ2) is 8.23. The van der Waals surface area contributed by atoms with Gasteiger partial charge in [0.25, 0.3) is 0 Å². The number of aromatic amines is 1. The highest BCUT2D eigenvalue weighted by Crippen LogP contribution is 2.48. The number of halogens is 2. The molecule has 0 saturated carbocycles. The maximum absolute atomic E-state index is 13.9. The molecule has 168 valence electrons. The number of carbonyl (C=O) groups excluding carboxylic acids is 1. The third kappa shape index (κ3) is 3.46. The van der Waals surface area contributed by atoms with Crippen molar-refractivity contribution in [2.75, 3.05) is 6.54 Å². The van der Waals surface area contributed by atoms with E-state index in [4.69, 9.17) is 27.6 Å². The molecule has 3 unspecified atom stereocenters. The monoisotopic (exact) mass is 479 g/mol. The Bertz CT molecular complexity index is 1280. The summed E-state index contributed by atoms with van der Waals surface area (Å²) in [7, 11) is 0. The Morgan fingerprint density at radius 1 is 1.09 bits per heavy atom. The van der Waals surface area contributed by atoms with Crippen molar-refractivity contribution in [1.29, 1.82) is 0 Å². The van der Waals surface area contributed by atoms with Crippen molar-refractivity contribution in [3.63, 3.8) is 0 Å². The second-order valence-corrected chi connectivity index (χ2v) is 9.76. The van der Waals surface area contributed by atoms with Gasteiger partial charge in [-0.15, -0.1) is 0 Å². The number of amides is 1. The topological polar surface area (TPSA) is 62.1 Å². The highest BCUT2D eigenvalue weighted by Gasteiger charge is 2.44. The van der Waals surface area contributed by atoms with Crippen LogP contribution in [0.3, 0.4) is 0 Å². The van der Waals surface area contributed by atoms with Crippen LogP contribution in [0.2, 0.25) is 10.0 Å². The van der Waals surface area contributed by atoms with E-state index < -0.39 is 0 Å². The van der Waals surface area contributed by atoms with Crippen LogP contribution in [-0.2, 0) is 17.6 Å². The van der Waals surface area contributed by atoms with E-state index in [2.05, 4.69) is 14.9 Å². The van der Waals surface area contributed by atoms with Crippen LogP contribution in [0, 0.1) is 5.92 Å². The first-order chi connectivity index (χ1) is 16.1. The zero-order chi connectivity index (χ0) is 22.5. The number of hydrogen-bond donors (Lipinski definition) is 1. The first-order valence-electron chi connectivity index (χ1n) is 11.3. The van der Waals surface area contributed by atoms with Gasteiger partial charge in [0.05, 0.1) is 24.2 Å². The molecule has 1 aromatic heterocycles. The van der Waals surface area contributed by atoms with Crippen LogP contribution in [0.15, 0.2) is 59.5 Å². The molecular formula is C26H23Cl2N3O2. The Hall–Kier alpha value is -2.76. The van der Waals surface area contributed by atoms with Crippen molar-refractivity contribution in [2.24, 2.45) is 5.92 Å². The van der Waals surface area contributed by atoms with E-state index >= 15 is 0 Å². The van der Waals surface area contributed by atoms with Crippen molar-refractivity contribution in [3.8, 4) is 11.3 Å². The summed E-state index contributed by atoms with van der Waals surface area (Å²) >= 11 is 13.4. The number of nitrogens with zero attached hydrogens (tertiary/aromatic N) is 2. The molecule has 0 bridgehead atoms. The zero-order valence-electron chi connectivity index (χ0n) is 17.9. The molecule has 2 aliphatic carbocycles. The molecule has 4 aliphatic rings. The number of benzene rings is 1. The first kappa shape index (κ1) is 20.8. The molecule has 6 rings (SSSR count). The SMILES string of the molecule is O=C1C(C(c2ccc3occcc2-3)c2c(Cl)cccc2Cl)CCN1C1CCc2nc[nH]c2C1. The number of likely N-dealkylation sites (tertiary alicyclic amines) is 1. The van der Waals surface area contributed by atoms with Gasteiger partial charge in [0.2, 0.25) is 5.91 Å². The molecule has 7 heteroatoms. The lowest BCUT2D eigenvalue weighted by Crippen LogP contribution is -2.41. The summed E-state index contributed by atoms with van der Waals surface area (Å²) in [6, 6.07) is 13.6. The predicted octanol–water partition coefficient (Wildman–Crippen LogP) is 5.95. The van der Waals surface area contributed by atoms with Gasteiger partial charge in [0, 0.05) is 46.2 Å². The molecule has 1 N–H and O–H groups in total. The Morgan fingerprint density at radius 3 is 2.79 bits per heavy atom. The molecule has 1 saturated heterocycles. The van der Waals surface area contributed by atoms with E-state index in [1.807, 2.05) is 42.5 Å². The number of aryl methyl sites for hydroxylation is 1. The molecule has 1 fully saturated rings. The van der Waals surface area contributed by atoms with Crippen molar-refractivity contribution in [1.82, 2.24) is 14.9 Å². The summed E-state index contributed by atoms with van der Waals surface area (Å²) in [5.74, 6) is 0.481. The van der Waals surface area contributed by atoms with Gasteiger partial charge >= 0.3 is 0 Å². The van der Waals surface area contributed by atoms with E-state index in [1.165, 1.54) is 0 Å². The van der Waals surface area contributed by atoms with Crippen LogP contribution >= 0.6 is 23.2 Å². The van der Waals surface area contributed by atoms with Crippen LogP contribution in [-0.4, -0.2) is 33.4 Å². The van der Waals surface area contributed by atoms with E-state index in [-0.39, 0.29) is 23.8 Å². The highest BCUT2D eigenvalue weighted by molar-refractivity contribution is 6.36. The normalized spacial score (nSPS) is 21.5. The minimum absolute atomic E-state index is 0.172. The molecule has 0 radical (unpaired) electrons. The Labute approximate surface area is 202 Å². The number of H-pyrrole nitrogens is 1. The average Bonchev–Trinajstić information content (AvgIpc) is 3.54. The van der Waals surface area contributed by atoms with Crippen molar-refractivity contribution >= 4 is 29.1 Å². The number of fused-ring (bicyclic) bond motifs is 2. The fourth-order valence-electron chi connectivity index (χ4n) is 5.71. The summed E-state index contributed by atoms with van der Waals surface area (Å²) in [5.41, 5.74) is 5.12. The average molecular weight is 480 g/mol. The second-order valence-electron chi connectivity index (χ2n) is 8.94. The summed E-state index contributed by atoms with van der Waals surface area (Å²) in [5, 5.41) is 1.17. The predicted molar refractivity (Wildman–Crippen MR) is 128 cm³/mol. The maximum atomic E-state index is 13.9. The lowest BCUT2D eigenvalue weighted by molar-refractivity contribution is -0.133. The van der Waals surface area contributed by atoms with Crippen LogP contribution in [0.25, 0.3) is 11.3 Å². The lowest BCUT2D eigenvalue weighted by atomic mass is 9.79. The molecule has 0 spiro atoms.